The predicted molar refractivity (Wildman–Crippen MR) is 82.8 cm³/mol. The Bertz CT molecular complexity index is 687. The molecule has 1 heteroatoms. The van der Waals surface area contributed by atoms with Crippen molar-refractivity contribution < 1.29 is 5.11 Å². The van der Waals surface area contributed by atoms with Crippen LogP contribution in [0, 0.1) is 0 Å². The highest BCUT2D eigenvalue weighted by atomic mass is 16.3. The molecule has 0 fully saturated rings. The van der Waals surface area contributed by atoms with E-state index in [0.717, 1.165) is 17.5 Å². The Morgan fingerprint density at radius 1 is 0.700 bits per heavy atom. The molecule has 98 valence electrons. The first-order valence-corrected chi connectivity index (χ1v) is 6.74. The average molecular weight is 260 g/mol. The van der Waals surface area contributed by atoms with Gasteiger partial charge in [0, 0.05) is 0 Å². The fourth-order valence-corrected chi connectivity index (χ4v) is 2.42. The van der Waals surface area contributed by atoms with Gasteiger partial charge in [-0.15, -0.1) is 0 Å². The van der Waals surface area contributed by atoms with E-state index in [1.54, 1.807) is 6.07 Å². The Kier molecular flexibility index (Phi) is 3.51. The number of aromatic hydroxyl groups is 1. The Labute approximate surface area is 119 Å². The van der Waals surface area contributed by atoms with Crippen LogP contribution in [-0.4, -0.2) is 5.11 Å². The molecule has 3 aromatic rings. The van der Waals surface area contributed by atoms with Crippen LogP contribution < -0.4 is 0 Å². The van der Waals surface area contributed by atoms with Crippen LogP contribution >= 0.6 is 0 Å². The van der Waals surface area contributed by atoms with Crippen molar-refractivity contribution in [3.8, 4) is 16.9 Å². The number of phenolic OH excluding ortho intramolecular Hbond substituents is 1. The molecule has 1 nitrogen and oxygen atoms in total. The molecule has 0 unspecified atom stereocenters. The lowest BCUT2D eigenvalue weighted by Gasteiger charge is -2.11. The minimum Gasteiger partial charge on any atom is -0.508 e. The van der Waals surface area contributed by atoms with E-state index < -0.39 is 0 Å². The fraction of sp³-hybridized carbons (Fsp3) is 0.0526. The quantitative estimate of drug-likeness (QED) is 0.726. The molecule has 3 rings (SSSR count). The second-order valence-corrected chi connectivity index (χ2v) is 4.87. The molecular formula is C19H16O. The van der Waals surface area contributed by atoms with Gasteiger partial charge in [-0.3, -0.25) is 0 Å². The van der Waals surface area contributed by atoms with Crippen LogP contribution in [0.3, 0.4) is 0 Å². The van der Waals surface area contributed by atoms with Crippen molar-refractivity contribution in [2.75, 3.05) is 0 Å². The van der Waals surface area contributed by atoms with Gasteiger partial charge >= 0.3 is 0 Å². The Balaban J connectivity index is 2.03. The SMILES string of the molecule is Oc1ccc(Cc2ccccc2)c(-c2ccccc2)c1. The summed E-state index contributed by atoms with van der Waals surface area (Å²) in [6.07, 6.45) is 0.866. The minimum atomic E-state index is 0.306. The second kappa shape index (κ2) is 5.62. The summed E-state index contributed by atoms with van der Waals surface area (Å²) >= 11 is 0. The summed E-state index contributed by atoms with van der Waals surface area (Å²) in [4.78, 5) is 0. The minimum absolute atomic E-state index is 0.306. The van der Waals surface area contributed by atoms with E-state index in [2.05, 4.69) is 36.4 Å². The summed E-state index contributed by atoms with van der Waals surface area (Å²) in [5, 5.41) is 9.76. The predicted octanol–water partition coefficient (Wildman–Crippen LogP) is 4.65. The zero-order chi connectivity index (χ0) is 13.8. The largest absolute Gasteiger partial charge is 0.508 e. The number of hydrogen-bond donors (Lipinski definition) is 1. The third kappa shape index (κ3) is 2.72. The van der Waals surface area contributed by atoms with E-state index in [4.69, 9.17) is 0 Å². The van der Waals surface area contributed by atoms with Crippen molar-refractivity contribution in [3.05, 3.63) is 90.0 Å². The van der Waals surface area contributed by atoms with Crippen LogP contribution in [0.5, 0.6) is 5.75 Å². The molecular weight excluding hydrogens is 244 g/mol. The van der Waals surface area contributed by atoms with E-state index in [1.807, 2.05) is 36.4 Å². The normalized spacial score (nSPS) is 10.4. The summed E-state index contributed by atoms with van der Waals surface area (Å²) in [5.41, 5.74) is 4.72. The van der Waals surface area contributed by atoms with Crippen LogP contribution in [0.25, 0.3) is 11.1 Å². The van der Waals surface area contributed by atoms with Gasteiger partial charge in [-0.1, -0.05) is 66.7 Å². The van der Waals surface area contributed by atoms with E-state index in [1.165, 1.54) is 11.1 Å². The lowest BCUT2D eigenvalue weighted by atomic mass is 9.95. The van der Waals surface area contributed by atoms with Crippen LogP contribution in [0.1, 0.15) is 11.1 Å². The summed E-state index contributed by atoms with van der Waals surface area (Å²) in [7, 11) is 0. The Morgan fingerprint density at radius 3 is 2.05 bits per heavy atom. The van der Waals surface area contributed by atoms with Crippen molar-refractivity contribution in [2.24, 2.45) is 0 Å². The molecule has 1 N–H and O–H groups in total. The highest BCUT2D eigenvalue weighted by Crippen LogP contribution is 2.29. The molecule has 0 bridgehead atoms. The molecule has 0 radical (unpaired) electrons. The molecule has 0 aliphatic carbocycles. The number of rotatable bonds is 3. The van der Waals surface area contributed by atoms with Crippen LogP contribution in [-0.2, 0) is 6.42 Å². The zero-order valence-corrected chi connectivity index (χ0v) is 11.2. The van der Waals surface area contributed by atoms with Crippen LogP contribution in [0.4, 0.5) is 0 Å². The molecule has 0 atom stereocenters. The average Bonchev–Trinajstić information content (AvgIpc) is 2.51. The molecule has 0 amide bonds. The highest BCUT2D eigenvalue weighted by molar-refractivity contribution is 5.69. The van der Waals surface area contributed by atoms with Crippen molar-refractivity contribution in [3.63, 3.8) is 0 Å². The second-order valence-electron chi connectivity index (χ2n) is 4.87. The highest BCUT2D eigenvalue weighted by Gasteiger charge is 2.07. The molecule has 0 aliphatic rings. The van der Waals surface area contributed by atoms with Gasteiger partial charge in [0.15, 0.2) is 0 Å². The first kappa shape index (κ1) is 12.5. The van der Waals surface area contributed by atoms with Gasteiger partial charge in [0.05, 0.1) is 0 Å². The standard InChI is InChI=1S/C19H16O/c20-18-12-11-17(13-15-7-3-1-4-8-15)19(14-18)16-9-5-2-6-10-16/h1-12,14,20H,13H2. The van der Waals surface area contributed by atoms with E-state index in [-0.39, 0.29) is 0 Å². The fourth-order valence-electron chi connectivity index (χ4n) is 2.42. The topological polar surface area (TPSA) is 20.2 Å². The maximum Gasteiger partial charge on any atom is 0.116 e. The molecule has 20 heavy (non-hydrogen) atoms. The zero-order valence-electron chi connectivity index (χ0n) is 11.2. The Hall–Kier alpha value is -2.54. The van der Waals surface area contributed by atoms with Gasteiger partial charge in [-0.2, -0.15) is 0 Å². The van der Waals surface area contributed by atoms with Crippen LogP contribution in [0.2, 0.25) is 0 Å². The molecule has 0 spiro atoms. The van der Waals surface area contributed by atoms with E-state index in [9.17, 15) is 5.11 Å². The first-order chi connectivity index (χ1) is 9.83. The molecule has 0 saturated carbocycles. The van der Waals surface area contributed by atoms with Gasteiger partial charge in [0.1, 0.15) is 5.75 Å². The van der Waals surface area contributed by atoms with Crippen molar-refractivity contribution >= 4 is 0 Å². The molecule has 0 heterocycles. The molecule has 3 aromatic carbocycles. The maximum absolute atomic E-state index is 9.76. The number of hydrogen-bond acceptors (Lipinski definition) is 1. The molecule has 0 aromatic heterocycles. The number of phenols is 1. The smallest absolute Gasteiger partial charge is 0.116 e. The van der Waals surface area contributed by atoms with Gasteiger partial charge in [0.25, 0.3) is 0 Å². The van der Waals surface area contributed by atoms with Gasteiger partial charge in [0.2, 0.25) is 0 Å². The summed E-state index contributed by atoms with van der Waals surface area (Å²) in [6.45, 7) is 0. The van der Waals surface area contributed by atoms with Gasteiger partial charge in [-0.05, 0) is 40.8 Å². The number of benzene rings is 3. The maximum atomic E-state index is 9.76. The lowest BCUT2D eigenvalue weighted by Crippen LogP contribution is -1.92. The van der Waals surface area contributed by atoms with Crippen molar-refractivity contribution in [1.29, 1.82) is 0 Å². The molecule has 0 saturated heterocycles. The first-order valence-electron chi connectivity index (χ1n) is 6.74. The monoisotopic (exact) mass is 260 g/mol. The van der Waals surface area contributed by atoms with Crippen LogP contribution in [0.15, 0.2) is 78.9 Å². The van der Waals surface area contributed by atoms with Crippen molar-refractivity contribution in [2.45, 2.75) is 6.42 Å². The van der Waals surface area contributed by atoms with Gasteiger partial charge in [-0.25, -0.2) is 0 Å². The third-order valence-corrected chi connectivity index (χ3v) is 3.42. The lowest BCUT2D eigenvalue weighted by molar-refractivity contribution is 0.475. The van der Waals surface area contributed by atoms with Crippen molar-refractivity contribution in [1.82, 2.24) is 0 Å². The Morgan fingerprint density at radius 2 is 1.35 bits per heavy atom. The summed E-state index contributed by atoms with van der Waals surface area (Å²) in [5.74, 6) is 0.306. The third-order valence-electron chi connectivity index (χ3n) is 3.42. The van der Waals surface area contributed by atoms with E-state index in [0.29, 0.717) is 5.75 Å². The summed E-state index contributed by atoms with van der Waals surface area (Å²) < 4.78 is 0. The van der Waals surface area contributed by atoms with Gasteiger partial charge < -0.3 is 5.11 Å². The van der Waals surface area contributed by atoms with E-state index >= 15 is 0 Å². The molecule has 0 aliphatic heterocycles. The summed E-state index contributed by atoms with van der Waals surface area (Å²) in [6, 6.07) is 26.2.